The molecule has 1 aromatic carbocycles. The third-order valence-corrected chi connectivity index (χ3v) is 5.69. The van der Waals surface area contributed by atoms with Gasteiger partial charge in [0.25, 0.3) is 0 Å². The summed E-state index contributed by atoms with van der Waals surface area (Å²) in [5.41, 5.74) is 0.275. The molecule has 1 amide bonds. The number of aromatic nitrogens is 1. The maximum atomic E-state index is 13.1. The van der Waals surface area contributed by atoms with Crippen LogP contribution >= 0.6 is 11.3 Å². The van der Waals surface area contributed by atoms with E-state index in [0.717, 1.165) is 5.56 Å². The van der Waals surface area contributed by atoms with E-state index in [2.05, 4.69) is 4.98 Å². The topological polar surface area (TPSA) is 89.0 Å². The molecule has 29 heavy (non-hydrogen) atoms. The van der Waals surface area contributed by atoms with Gasteiger partial charge in [-0.1, -0.05) is 30.3 Å². The number of methoxy groups -OCH3 is 1. The summed E-state index contributed by atoms with van der Waals surface area (Å²) in [5, 5.41) is 13.2. The predicted octanol–water partition coefficient (Wildman–Crippen LogP) is 4.10. The van der Waals surface area contributed by atoms with E-state index in [4.69, 9.17) is 9.47 Å². The Kier molecular flexibility index (Phi) is 6.24. The average Bonchev–Trinajstić information content (AvgIpc) is 3.33. The molecule has 7 nitrogen and oxygen atoms in total. The molecular weight excluding hydrogens is 392 g/mol. The van der Waals surface area contributed by atoms with Crippen LogP contribution in [0, 0.1) is 0 Å². The van der Waals surface area contributed by atoms with Crippen molar-refractivity contribution in [2.24, 2.45) is 0 Å². The van der Waals surface area contributed by atoms with Crippen LogP contribution in [0.2, 0.25) is 0 Å². The number of carbonyl (C=O) groups excluding carboxylic acids is 2. The summed E-state index contributed by atoms with van der Waals surface area (Å²) in [4.78, 5) is 30.8. The Morgan fingerprint density at radius 1 is 1.24 bits per heavy atom. The molecule has 0 bridgehead atoms. The molecule has 156 valence electrons. The number of hydrogen-bond acceptors (Lipinski definition) is 7. The standard InChI is InChI=1S/C21H26N2O5S/c1-21(2,3)28-20(26)23-15(17(24)13-8-6-5-7-9-13)10-11-16(23)18-22-14(12-29-18)19(25)27-4/h5-9,12,15-17,24H,10-11H2,1-4H3/t15?,16-,17?/m0/s1. The number of ether oxygens (including phenoxy) is 2. The minimum absolute atomic E-state index is 0.212. The number of thiazole rings is 1. The Morgan fingerprint density at radius 2 is 1.93 bits per heavy atom. The zero-order valence-electron chi connectivity index (χ0n) is 17.0. The SMILES string of the molecule is COC(=O)c1csc([C@@H]2CCC(C(O)c3ccccc3)N2C(=O)OC(C)(C)C)n1. The maximum absolute atomic E-state index is 13.1. The zero-order chi connectivity index (χ0) is 21.2. The molecule has 0 aliphatic carbocycles. The monoisotopic (exact) mass is 418 g/mol. The van der Waals surface area contributed by atoms with Crippen LogP contribution in [0.3, 0.4) is 0 Å². The summed E-state index contributed by atoms with van der Waals surface area (Å²) in [7, 11) is 1.30. The van der Waals surface area contributed by atoms with Gasteiger partial charge in [-0.2, -0.15) is 0 Å². The molecule has 1 N–H and O–H groups in total. The Hall–Kier alpha value is -2.45. The molecule has 0 spiro atoms. The largest absolute Gasteiger partial charge is 0.464 e. The van der Waals surface area contributed by atoms with Gasteiger partial charge in [-0.3, -0.25) is 4.90 Å². The number of nitrogens with zero attached hydrogens (tertiary/aromatic N) is 2. The van der Waals surface area contributed by atoms with Crippen LogP contribution in [0.4, 0.5) is 4.79 Å². The van der Waals surface area contributed by atoms with E-state index in [1.165, 1.54) is 18.4 Å². The summed E-state index contributed by atoms with van der Waals surface area (Å²) in [6.07, 6.45) is -0.154. The second-order valence-electron chi connectivity index (χ2n) is 7.97. The number of hydrogen-bond donors (Lipinski definition) is 1. The molecule has 3 atom stereocenters. The molecule has 2 heterocycles. The Balaban J connectivity index is 1.92. The van der Waals surface area contributed by atoms with Gasteiger partial charge in [0.15, 0.2) is 5.69 Å². The van der Waals surface area contributed by atoms with Gasteiger partial charge >= 0.3 is 12.1 Å². The van der Waals surface area contributed by atoms with Crippen LogP contribution in [-0.2, 0) is 9.47 Å². The molecule has 1 aromatic heterocycles. The van der Waals surface area contributed by atoms with Gasteiger partial charge in [0.2, 0.25) is 0 Å². The van der Waals surface area contributed by atoms with Crippen LogP contribution in [-0.4, -0.2) is 45.8 Å². The van der Waals surface area contributed by atoms with Crippen LogP contribution in [0.15, 0.2) is 35.7 Å². The lowest BCUT2D eigenvalue weighted by Gasteiger charge is -2.34. The number of aliphatic hydroxyl groups is 1. The van der Waals surface area contributed by atoms with E-state index >= 15 is 0 Å². The first-order valence-corrected chi connectivity index (χ1v) is 10.4. The average molecular weight is 419 g/mol. The summed E-state index contributed by atoms with van der Waals surface area (Å²) < 4.78 is 10.4. The van der Waals surface area contributed by atoms with Crippen molar-refractivity contribution in [2.45, 2.75) is 57.4 Å². The van der Waals surface area contributed by atoms with Gasteiger partial charge in [0, 0.05) is 5.38 Å². The summed E-state index contributed by atoms with van der Waals surface area (Å²) in [6.45, 7) is 5.41. The summed E-state index contributed by atoms with van der Waals surface area (Å²) in [5.74, 6) is -0.518. The van der Waals surface area contributed by atoms with Crippen molar-refractivity contribution in [2.75, 3.05) is 7.11 Å². The number of carbonyl (C=O) groups is 2. The third kappa shape index (κ3) is 4.76. The van der Waals surface area contributed by atoms with E-state index in [9.17, 15) is 14.7 Å². The van der Waals surface area contributed by atoms with Crippen molar-refractivity contribution in [3.63, 3.8) is 0 Å². The highest BCUT2D eigenvalue weighted by atomic mass is 32.1. The van der Waals surface area contributed by atoms with Crippen LogP contribution in [0.5, 0.6) is 0 Å². The van der Waals surface area contributed by atoms with Crippen molar-refractivity contribution in [3.8, 4) is 0 Å². The fraction of sp³-hybridized carbons (Fsp3) is 0.476. The molecule has 1 aliphatic heterocycles. The number of esters is 1. The van der Waals surface area contributed by atoms with E-state index in [1.54, 1.807) is 31.1 Å². The highest BCUT2D eigenvalue weighted by molar-refractivity contribution is 7.09. The van der Waals surface area contributed by atoms with Gasteiger partial charge in [-0.05, 0) is 39.2 Å². The highest BCUT2D eigenvalue weighted by Gasteiger charge is 2.44. The van der Waals surface area contributed by atoms with E-state index in [1.807, 2.05) is 30.3 Å². The lowest BCUT2D eigenvalue weighted by molar-refractivity contribution is -0.00492. The number of benzene rings is 1. The van der Waals surface area contributed by atoms with Gasteiger partial charge in [-0.15, -0.1) is 11.3 Å². The van der Waals surface area contributed by atoms with E-state index in [0.29, 0.717) is 17.8 Å². The lowest BCUT2D eigenvalue weighted by atomic mass is 10.0. The molecule has 1 saturated heterocycles. The second-order valence-corrected chi connectivity index (χ2v) is 8.86. The molecule has 0 saturated carbocycles. The zero-order valence-corrected chi connectivity index (χ0v) is 17.8. The number of amides is 1. The van der Waals surface area contributed by atoms with Crippen LogP contribution in [0.25, 0.3) is 0 Å². The quantitative estimate of drug-likeness (QED) is 0.752. The lowest BCUT2D eigenvalue weighted by Crippen LogP contribution is -2.43. The third-order valence-electron chi connectivity index (χ3n) is 4.74. The van der Waals surface area contributed by atoms with Crippen molar-refractivity contribution < 1.29 is 24.2 Å². The number of aliphatic hydroxyl groups excluding tert-OH is 1. The van der Waals surface area contributed by atoms with Gasteiger partial charge in [0.05, 0.1) is 25.3 Å². The van der Waals surface area contributed by atoms with Gasteiger partial charge < -0.3 is 14.6 Å². The molecule has 1 fully saturated rings. The maximum Gasteiger partial charge on any atom is 0.411 e. The van der Waals surface area contributed by atoms with Crippen LogP contribution < -0.4 is 0 Å². The molecular formula is C21H26N2O5S. The summed E-state index contributed by atoms with van der Waals surface area (Å²) >= 11 is 1.30. The van der Waals surface area contributed by atoms with Crippen molar-refractivity contribution in [1.29, 1.82) is 0 Å². The highest BCUT2D eigenvalue weighted by Crippen LogP contribution is 2.42. The van der Waals surface area contributed by atoms with Gasteiger partial charge in [-0.25, -0.2) is 14.6 Å². The van der Waals surface area contributed by atoms with E-state index < -0.39 is 29.8 Å². The normalized spacial score (nSPS) is 20.4. The summed E-state index contributed by atoms with van der Waals surface area (Å²) in [6, 6.07) is 8.43. The first-order valence-electron chi connectivity index (χ1n) is 9.49. The first kappa shape index (κ1) is 21.3. The van der Waals surface area contributed by atoms with Crippen LogP contribution in [0.1, 0.15) is 66.8 Å². The second kappa shape index (κ2) is 8.51. The van der Waals surface area contributed by atoms with Crippen molar-refractivity contribution in [1.82, 2.24) is 9.88 Å². The number of likely N-dealkylation sites (tertiary alicyclic amines) is 1. The van der Waals surface area contributed by atoms with E-state index in [-0.39, 0.29) is 11.7 Å². The fourth-order valence-electron chi connectivity index (χ4n) is 3.48. The molecule has 0 radical (unpaired) electrons. The molecule has 1 aliphatic rings. The van der Waals surface area contributed by atoms with Crippen molar-refractivity contribution >= 4 is 23.4 Å². The first-order chi connectivity index (χ1) is 13.7. The minimum Gasteiger partial charge on any atom is -0.464 e. The Labute approximate surface area is 174 Å². The molecule has 2 unspecified atom stereocenters. The molecule has 8 heteroatoms. The predicted molar refractivity (Wildman–Crippen MR) is 109 cm³/mol. The molecule has 3 rings (SSSR count). The smallest absolute Gasteiger partial charge is 0.411 e. The molecule has 2 aromatic rings. The Bertz CT molecular complexity index is 861. The minimum atomic E-state index is -0.853. The van der Waals surface area contributed by atoms with Gasteiger partial charge in [0.1, 0.15) is 10.6 Å². The van der Waals surface area contributed by atoms with Crippen molar-refractivity contribution in [3.05, 3.63) is 52.0 Å². The number of rotatable bonds is 4. The Morgan fingerprint density at radius 3 is 2.55 bits per heavy atom. The fourth-order valence-corrected chi connectivity index (χ4v) is 4.40.